The van der Waals surface area contributed by atoms with E-state index in [1.165, 1.54) is 0 Å². The molecule has 72 valence electrons. The van der Waals surface area contributed by atoms with Crippen LogP contribution in [-0.2, 0) is 0 Å². The Kier molecular flexibility index (Phi) is 2.25. The molecule has 14 heavy (non-hydrogen) atoms. The van der Waals surface area contributed by atoms with Crippen molar-refractivity contribution in [2.45, 2.75) is 13.8 Å². The van der Waals surface area contributed by atoms with Crippen molar-refractivity contribution in [1.29, 1.82) is 0 Å². The van der Waals surface area contributed by atoms with Crippen LogP contribution in [0.2, 0.25) is 10.4 Å². The van der Waals surface area contributed by atoms with Crippen molar-refractivity contribution in [3.8, 4) is 0 Å². The van der Waals surface area contributed by atoms with Crippen molar-refractivity contribution in [3.05, 3.63) is 21.8 Å². The second-order valence-electron chi connectivity index (χ2n) is 2.85. The van der Waals surface area contributed by atoms with E-state index in [2.05, 4.69) is 19.9 Å². The van der Waals surface area contributed by atoms with Gasteiger partial charge < -0.3 is 0 Å². The molecule has 0 saturated carbocycles. The summed E-state index contributed by atoms with van der Waals surface area (Å²) in [6, 6.07) is 0. The van der Waals surface area contributed by atoms with Gasteiger partial charge in [-0.3, -0.25) is 0 Å². The summed E-state index contributed by atoms with van der Waals surface area (Å²) < 4.78 is 0. The maximum atomic E-state index is 5.85. The molecule has 0 spiro atoms. The molecule has 0 fully saturated rings. The van der Waals surface area contributed by atoms with Crippen molar-refractivity contribution >= 4 is 34.4 Å². The summed E-state index contributed by atoms with van der Waals surface area (Å²) in [5.41, 5.74) is 2.53. The van der Waals surface area contributed by atoms with Gasteiger partial charge in [0, 0.05) is 0 Å². The van der Waals surface area contributed by atoms with Gasteiger partial charge in [-0.25, -0.2) is 15.0 Å². The maximum absolute atomic E-state index is 5.85. The third kappa shape index (κ3) is 1.51. The van der Waals surface area contributed by atoms with E-state index in [9.17, 15) is 0 Å². The molecule has 4 nitrogen and oxygen atoms in total. The Labute approximate surface area is 90.3 Å². The van der Waals surface area contributed by atoms with Gasteiger partial charge in [0.05, 0.1) is 11.4 Å². The van der Waals surface area contributed by atoms with E-state index in [1.54, 1.807) is 0 Å². The minimum absolute atomic E-state index is 0.0834. The average Bonchev–Trinajstić information content (AvgIpc) is 2.08. The van der Waals surface area contributed by atoms with Crippen LogP contribution >= 0.6 is 23.2 Å². The van der Waals surface area contributed by atoms with Gasteiger partial charge in [-0.05, 0) is 25.4 Å². The fraction of sp³-hybridized carbons (Fsp3) is 0.250. The summed E-state index contributed by atoms with van der Waals surface area (Å²) in [5.74, 6) is 0. The van der Waals surface area contributed by atoms with Crippen LogP contribution < -0.4 is 0 Å². The molecule has 0 aliphatic heterocycles. The zero-order chi connectivity index (χ0) is 10.3. The fourth-order valence-electron chi connectivity index (χ4n) is 1.05. The molecule has 0 saturated heterocycles. The van der Waals surface area contributed by atoms with Crippen molar-refractivity contribution in [3.63, 3.8) is 0 Å². The molecule has 0 atom stereocenters. The Bertz CT molecular complexity index is 512. The zero-order valence-corrected chi connectivity index (χ0v) is 9.06. The SMILES string of the molecule is Cc1nc2nc(Cl)nc(Cl)c2nc1C. The second kappa shape index (κ2) is 3.29. The van der Waals surface area contributed by atoms with E-state index < -0.39 is 0 Å². The summed E-state index contributed by atoms with van der Waals surface area (Å²) in [6.45, 7) is 3.71. The summed E-state index contributed by atoms with van der Waals surface area (Å²) in [6.07, 6.45) is 0. The Morgan fingerprint density at radius 3 is 2.21 bits per heavy atom. The number of fused-ring (bicyclic) bond motifs is 1. The number of hydrogen-bond acceptors (Lipinski definition) is 4. The van der Waals surface area contributed by atoms with Gasteiger partial charge in [-0.15, -0.1) is 0 Å². The van der Waals surface area contributed by atoms with Crippen LogP contribution in [0.5, 0.6) is 0 Å². The predicted octanol–water partition coefficient (Wildman–Crippen LogP) is 2.34. The van der Waals surface area contributed by atoms with E-state index in [0.717, 1.165) is 11.4 Å². The van der Waals surface area contributed by atoms with E-state index >= 15 is 0 Å². The summed E-state index contributed by atoms with van der Waals surface area (Å²) in [5, 5.41) is 0.315. The minimum Gasteiger partial charge on any atom is -0.245 e. The van der Waals surface area contributed by atoms with Crippen LogP contribution in [0.3, 0.4) is 0 Å². The van der Waals surface area contributed by atoms with Crippen molar-refractivity contribution in [2.24, 2.45) is 0 Å². The Balaban J connectivity index is 2.89. The molecule has 2 aromatic heterocycles. The van der Waals surface area contributed by atoms with Gasteiger partial charge in [0.1, 0.15) is 5.52 Å². The maximum Gasteiger partial charge on any atom is 0.225 e. The molecule has 2 aromatic rings. The zero-order valence-electron chi connectivity index (χ0n) is 7.54. The molecule has 0 unspecified atom stereocenters. The van der Waals surface area contributed by atoms with Gasteiger partial charge in [-0.1, -0.05) is 11.6 Å². The quantitative estimate of drug-likeness (QED) is 0.513. The van der Waals surface area contributed by atoms with Gasteiger partial charge in [0.25, 0.3) is 0 Å². The molecule has 0 radical (unpaired) electrons. The molecule has 0 aliphatic rings. The average molecular weight is 229 g/mol. The molecular weight excluding hydrogens is 223 g/mol. The molecule has 2 rings (SSSR count). The lowest BCUT2D eigenvalue weighted by Gasteiger charge is -2.02. The van der Waals surface area contributed by atoms with Crippen molar-refractivity contribution in [2.75, 3.05) is 0 Å². The highest BCUT2D eigenvalue weighted by Gasteiger charge is 2.08. The highest BCUT2D eigenvalue weighted by Crippen LogP contribution is 2.19. The molecule has 0 bridgehead atoms. The monoisotopic (exact) mass is 228 g/mol. The smallest absolute Gasteiger partial charge is 0.225 e. The van der Waals surface area contributed by atoms with E-state index in [0.29, 0.717) is 11.2 Å². The first-order valence-corrected chi connectivity index (χ1v) is 4.67. The molecule has 0 N–H and O–H groups in total. The summed E-state index contributed by atoms with van der Waals surface area (Å²) in [4.78, 5) is 16.2. The number of hydrogen-bond donors (Lipinski definition) is 0. The summed E-state index contributed by atoms with van der Waals surface area (Å²) >= 11 is 11.5. The van der Waals surface area contributed by atoms with Crippen LogP contribution in [0.15, 0.2) is 0 Å². The standard InChI is InChI=1S/C8H6Cl2N4/c1-3-4(2)12-7-5(11-3)6(9)13-8(10)14-7/h1-2H3. The van der Waals surface area contributed by atoms with Crippen LogP contribution in [0.4, 0.5) is 0 Å². The first-order chi connectivity index (χ1) is 6.58. The van der Waals surface area contributed by atoms with E-state index in [-0.39, 0.29) is 10.4 Å². The lowest BCUT2D eigenvalue weighted by Crippen LogP contribution is -1.97. The largest absolute Gasteiger partial charge is 0.245 e. The number of aryl methyl sites for hydroxylation is 2. The topological polar surface area (TPSA) is 51.6 Å². The molecule has 6 heteroatoms. The number of halogens is 2. The Hall–Kier alpha value is -1.00. The number of aromatic nitrogens is 4. The molecule has 2 heterocycles. The minimum atomic E-state index is 0.0834. The van der Waals surface area contributed by atoms with Gasteiger partial charge >= 0.3 is 0 Å². The first-order valence-electron chi connectivity index (χ1n) is 3.92. The van der Waals surface area contributed by atoms with Crippen molar-refractivity contribution < 1.29 is 0 Å². The Morgan fingerprint density at radius 1 is 0.857 bits per heavy atom. The lowest BCUT2D eigenvalue weighted by atomic mass is 10.3. The molecule has 0 aromatic carbocycles. The van der Waals surface area contributed by atoms with Crippen molar-refractivity contribution in [1.82, 2.24) is 19.9 Å². The second-order valence-corrected chi connectivity index (χ2v) is 3.55. The normalized spacial score (nSPS) is 10.9. The van der Waals surface area contributed by atoms with Gasteiger partial charge in [-0.2, -0.15) is 4.98 Å². The predicted molar refractivity (Wildman–Crippen MR) is 54.6 cm³/mol. The molecule has 0 amide bonds. The first kappa shape index (κ1) is 9.55. The van der Waals surface area contributed by atoms with E-state index in [1.807, 2.05) is 13.8 Å². The third-order valence-corrected chi connectivity index (χ3v) is 2.31. The number of rotatable bonds is 0. The van der Waals surface area contributed by atoms with Crippen LogP contribution in [-0.4, -0.2) is 19.9 Å². The van der Waals surface area contributed by atoms with Gasteiger partial charge in [0.2, 0.25) is 5.28 Å². The summed E-state index contributed by atoms with van der Waals surface area (Å²) in [7, 11) is 0. The van der Waals surface area contributed by atoms with E-state index in [4.69, 9.17) is 23.2 Å². The van der Waals surface area contributed by atoms with Crippen LogP contribution in [0.25, 0.3) is 11.2 Å². The molecule has 0 aliphatic carbocycles. The Morgan fingerprint density at radius 2 is 1.50 bits per heavy atom. The third-order valence-electron chi connectivity index (χ3n) is 1.87. The van der Waals surface area contributed by atoms with Crippen LogP contribution in [0, 0.1) is 13.8 Å². The van der Waals surface area contributed by atoms with Gasteiger partial charge in [0.15, 0.2) is 10.8 Å². The highest BCUT2D eigenvalue weighted by molar-refractivity contribution is 6.35. The highest BCUT2D eigenvalue weighted by atomic mass is 35.5. The number of nitrogens with zero attached hydrogens (tertiary/aromatic N) is 4. The lowest BCUT2D eigenvalue weighted by molar-refractivity contribution is 1.06. The molecular formula is C8H6Cl2N4. The van der Waals surface area contributed by atoms with Crippen LogP contribution in [0.1, 0.15) is 11.4 Å². The fourth-order valence-corrected chi connectivity index (χ4v) is 1.47.